The number of hydrogen-bond donors (Lipinski definition) is 2. The third kappa shape index (κ3) is 3.09. The Balaban J connectivity index is 1.62. The molecule has 0 fully saturated rings. The molecule has 0 atom stereocenters. The lowest BCUT2D eigenvalue weighted by atomic mass is 10.1. The number of imidazole rings is 1. The minimum atomic E-state index is -0.120. The predicted octanol–water partition coefficient (Wildman–Crippen LogP) is 4.19. The Morgan fingerprint density at radius 1 is 1.12 bits per heavy atom. The minimum absolute atomic E-state index is 0.120. The third-order valence-electron chi connectivity index (χ3n) is 4.42. The van der Waals surface area contributed by atoms with E-state index in [9.17, 15) is 4.79 Å². The van der Waals surface area contributed by atoms with Crippen molar-refractivity contribution in [3.05, 3.63) is 82.0 Å². The molecule has 0 saturated heterocycles. The fourth-order valence-electron chi connectivity index (χ4n) is 2.94. The van der Waals surface area contributed by atoms with Crippen LogP contribution in [-0.2, 0) is 13.6 Å². The maximum absolute atomic E-state index is 11.8. The Labute approximate surface area is 155 Å². The molecule has 0 unspecified atom stereocenters. The summed E-state index contributed by atoms with van der Waals surface area (Å²) >= 11 is 6.20. The number of hydrogen-bond acceptors (Lipinski definition) is 3. The second-order valence-corrected chi connectivity index (χ2v) is 6.54. The molecule has 2 N–H and O–H groups in total. The quantitative estimate of drug-likeness (QED) is 0.570. The van der Waals surface area contributed by atoms with E-state index in [1.807, 2.05) is 54.7 Å². The van der Waals surface area contributed by atoms with Crippen LogP contribution in [0.15, 0.2) is 65.7 Å². The van der Waals surface area contributed by atoms with E-state index in [-0.39, 0.29) is 5.69 Å². The molecule has 2 aromatic carbocycles. The largest absolute Gasteiger partial charge is 0.380 e. The molecule has 0 amide bonds. The van der Waals surface area contributed by atoms with Crippen molar-refractivity contribution in [1.82, 2.24) is 14.5 Å². The number of aryl methyl sites for hydroxylation is 1. The van der Waals surface area contributed by atoms with Crippen LogP contribution in [0.1, 0.15) is 5.56 Å². The van der Waals surface area contributed by atoms with Gasteiger partial charge in [-0.2, -0.15) is 0 Å². The van der Waals surface area contributed by atoms with Crippen LogP contribution in [-0.4, -0.2) is 14.5 Å². The molecule has 6 heteroatoms. The summed E-state index contributed by atoms with van der Waals surface area (Å²) in [4.78, 5) is 18.9. The minimum Gasteiger partial charge on any atom is -0.380 e. The normalized spacial score (nSPS) is 11.0. The second kappa shape index (κ2) is 6.69. The summed E-state index contributed by atoms with van der Waals surface area (Å²) in [6.07, 6.45) is 3.59. The Bertz CT molecular complexity index is 1150. The Morgan fingerprint density at radius 3 is 2.81 bits per heavy atom. The maximum atomic E-state index is 11.8. The van der Waals surface area contributed by atoms with Gasteiger partial charge in [0.05, 0.1) is 16.7 Å². The van der Waals surface area contributed by atoms with Gasteiger partial charge in [-0.3, -0.25) is 9.55 Å². The summed E-state index contributed by atoms with van der Waals surface area (Å²) in [5, 5.41) is 4.10. The number of nitrogens with zero attached hydrogens (tertiary/aromatic N) is 2. The molecule has 0 saturated carbocycles. The van der Waals surface area contributed by atoms with Crippen LogP contribution in [0.4, 0.5) is 5.69 Å². The third-order valence-corrected chi connectivity index (χ3v) is 4.79. The van der Waals surface area contributed by atoms with Crippen LogP contribution < -0.4 is 11.0 Å². The average molecular weight is 365 g/mol. The highest BCUT2D eigenvalue weighted by atomic mass is 35.5. The standard InChI is InChI=1S/C20H17ClN4O/c1-25-19-9-13(6-7-18(19)24-20(25)26)15-8-16(12-22-10-15)23-11-14-4-2-3-5-17(14)21/h2-10,12,23H,11H2,1H3,(H,24,26). The number of pyridine rings is 1. The van der Waals surface area contributed by atoms with Gasteiger partial charge in [-0.15, -0.1) is 0 Å². The van der Waals surface area contributed by atoms with Crippen molar-refractivity contribution in [1.29, 1.82) is 0 Å². The number of H-pyrrole nitrogens is 1. The highest BCUT2D eigenvalue weighted by Gasteiger charge is 2.07. The van der Waals surface area contributed by atoms with E-state index in [4.69, 9.17) is 11.6 Å². The monoisotopic (exact) mass is 364 g/mol. The first-order chi connectivity index (χ1) is 12.6. The topological polar surface area (TPSA) is 62.7 Å². The molecule has 0 radical (unpaired) electrons. The molecule has 2 aromatic heterocycles. The van der Waals surface area contributed by atoms with E-state index in [1.54, 1.807) is 17.8 Å². The summed E-state index contributed by atoms with van der Waals surface area (Å²) in [5.74, 6) is 0. The van der Waals surface area contributed by atoms with Gasteiger partial charge in [-0.1, -0.05) is 35.9 Å². The molecular formula is C20H17ClN4O. The first kappa shape index (κ1) is 16.4. The summed E-state index contributed by atoms with van der Waals surface area (Å²) in [7, 11) is 1.75. The number of benzene rings is 2. The number of fused-ring (bicyclic) bond motifs is 1. The van der Waals surface area contributed by atoms with E-state index in [0.717, 1.165) is 38.4 Å². The average Bonchev–Trinajstić information content (AvgIpc) is 2.95. The van der Waals surface area contributed by atoms with E-state index in [1.165, 1.54) is 0 Å². The first-order valence-corrected chi connectivity index (χ1v) is 8.61. The van der Waals surface area contributed by atoms with Gasteiger partial charge in [0.1, 0.15) is 0 Å². The van der Waals surface area contributed by atoms with Crippen molar-refractivity contribution in [2.24, 2.45) is 7.05 Å². The second-order valence-electron chi connectivity index (χ2n) is 6.13. The molecule has 4 aromatic rings. The van der Waals surface area contributed by atoms with Crippen LogP contribution in [0.5, 0.6) is 0 Å². The van der Waals surface area contributed by atoms with Gasteiger partial charge < -0.3 is 10.3 Å². The molecule has 4 rings (SSSR count). The number of aromatic nitrogens is 3. The Kier molecular flexibility index (Phi) is 4.22. The molecule has 130 valence electrons. The van der Waals surface area contributed by atoms with Crippen molar-refractivity contribution in [2.45, 2.75) is 6.54 Å². The fraction of sp³-hybridized carbons (Fsp3) is 0.100. The van der Waals surface area contributed by atoms with E-state index >= 15 is 0 Å². The Morgan fingerprint density at radius 2 is 1.96 bits per heavy atom. The van der Waals surface area contributed by atoms with Gasteiger partial charge >= 0.3 is 5.69 Å². The van der Waals surface area contributed by atoms with Crippen molar-refractivity contribution >= 4 is 28.3 Å². The lowest BCUT2D eigenvalue weighted by Crippen LogP contribution is -2.11. The van der Waals surface area contributed by atoms with E-state index < -0.39 is 0 Å². The van der Waals surface area contributed by atoms with Crippen molar-refractivity contribution < 1.29 is 0 Å². The summed E-state index contributed by atoms with van der Waals surface area (Å²) < 4.78 is 1.60. The number of rotatable bonds is 4. The number of aromatic amines is 1. The van der Waals surface area contributed by atoms with E-state index in [0.29, 0.717) is 6.54 Å². The highest BCUT2D eigenvalue weighted by Crippen LogP contribution is 2.25. The van der Waals surface area contributed by atoms with Crippen molar-refractivity contribution in [3.8, 4) is 11.1 Å². The summed E-state index contributed by atoms with van der Waals surface area (Å²) in [6.45, 7) is 0.621. The maximum Gasteiger partial charge on any atom is 0.326 e. The lowest BCUT2D eigenvalue weighted by Gasteiger charge is -2.09. The van der Waals surface area contributed by atoms with E-state index in [2.05, 4.69) is 15.3 Å². The summed E-state index contributed by atoms with van der Waals surface area (Å²) in [5.41, 5.74) is 5.48. The van der Waals surface area contributed by atoms with Crippen LogP contribution in [0.25, 0.3) is 22.2 Å². The van der Waals surface area contributed by atoms with Gasteiger partial charge in [0, 0.05) is 36.6 Å². The van der Waals surface area contributed by atoms with Crippen LogP contribution in [0, 0.1) is 0 Å². The zero-order valence-corrected chi connectivity index (χ0v) is 14.9. The molecule has 0 aliphatic heterocycles. The van der Waals surface area contributed by atoms with Gasteiger partial charge in [-0.25, -0.2) is 4.79 Å². The van der Waals surface area contributed by atoms with Gasteiger partial charge in [0.25, 0.3) is 0 Å². The molecule has 0 aliphatic rings. The van der Waals surface area contributed by atoms with Gasteiger partial charge in [0.2, 0.25) is 0 Å². The SMILES string of the molecule is Cn1c(=O)[nH]c2ccc(-c3cncc(NCc4ccccc4Cl)c3)cc21. The highest BCUT2D eigenvalue weighted by molar-refractivity contribution is 6.31. The fourth-order valence-corrected chi connectivity index (χ4v) is 3.14. The van der Waals surface area contributed by atoms with Crippen LogP contribution in [0.3, 0.4) is 0 Å². The predicted molar refractivity (Wildman–Crippen MR) is 106 cm³/mol. The van der Waals surface area contributed by atoms with Crippen molar-refractivity contribution in [2.75, 3.05) is 5.32 Å². The lowest BCUT2D eigenvalue weighted by molar-refractivity contribution is 0.892. The van der Waals surface area contributed by atoms with Gasteiger partial charge in [-0.05, 0) is 35.4 Å². The Hall–Kier alpha value is -3.05. The number of nitrogens with one attached hydrogen (secondary N) is 2. The van der Waals surface area contributed by atoms with Crippen molar-refractivity contribution in [3.63, 3.8) is 0 Å². The molecular weight excluding hydrogens is 348 g/mol. The molecule has 0 bridgehead atoms. The first-order valence-electron chi connectivity index (χ1n) is 8.23. The molecule has 0 spiro atoms. The molecule has 2 heterocycles. The van der Waals surface area contributed by atoms with Crippen LogP contribution >= 0.6 is 11.6 Å². The number of anilines is 1. The number of halogens is 1. The zero-order valence-electron chi connectivity index (χ0n) is 14.2. The molecule has 5 nitrogen and oxygen atoms in total. The smallest absolute Gasteiger partial charge is 0.326 e. The molecule has 0 aliphatic carbocycles. The molecule has 26 heavy (non-hydrogen) atoms. The van der Waals surface area contributed by atoms with Crippen LogP contribution in [0.2, 0.25) is 5.02 Å². The zero-order chi connectivity index (χ0) is 18.1. The van der Waals surface area contributed by atoms with Gasteiger partial charge in [0.15, 0.2) is 0 Å². The summed E-state index contributed by atoms with van der Waals surface area (Å²) in [6, 6.07) is 15.7.